The van der Waals surface area contributed by atoms with E-state index >= 15 is 0 Å². The number of hydrogen-bond donors (Lipinski definition) is 3. The lowest BCUT2D eigenvalue weighted by atomic mass is 10.2. The van der Waals surface area contributed by atoms with E-state index in [9.17, 15) is 0 Å². The zero-order chi connectivity index (χ0) is 10.9. The van der Waals surface area contributed by atoms with Gasteiger partial charge in [-0.25, -0.2) is 5.43 Å². The third-order valence-corrected chi connectivity index (χ3v) is 1.69. The minimum absolute atomic E-state index is 0.492. The Morgan fingerprint density at radius 1 is 1.40 bits per heavy atom. The molecule has 0 fully saturated rings. The van der Waals surface area contributed by atoms with Gasteiger partial charge < -0.3 is 11.2 Å². The number of benzene rings is 1. The molecule has 1 aromatic carbocycles. The van der Waals surface area contributed by atoms with Crippen molar-refractivity contribution in [1.82, 2.24) is 10.9 Å². The van der Waals surface area contributed by atoms with E-state index in [4.69, 9.17) is 11.0 Å². The van der Waals surface area contributed by atoms with Crippen molar-refractivity contribution in [1.29, 1.82) is 5.26 Å². The van der Waals surface area contributed by atoms with Crippen molar-refractivity contribution in [2.45, 2.75) is 0 Å². The summed E-state index contributed by atoms with van der Waals surface area (Å²) in [6.45, 7) is 1.12. The van der Waals surface area contributed by atoms with Gasteiger partial charge in [-0.15, -0.1) is 0 Å². The minimum atomic E-state index is 0.492. The summed E-state index contributed by atoms with van der Waals surface area (Å²) in [5, 5.41) is 8.52. The Kier molecular flexibility index (Phi) is 4.87. The highest BCUT2D eigenvalue weighted by atomic mass is 15.4. The second kappa shape index (κ2) is 6.54. The van der Waals surface area contributed by atoms with Crippen LogP contribution >= 0.6 is 0 Å². The van der Waals surface area contributed by atoms with Crippen LogP contribution in [0.4, 0.5) is 0 Å². The second-order valence-corrected chi connectivity index (χ2v) is 2.77. The van der Waals surface area contributed by atoms with Crippen LogP contribution in [0.5, 0.6) is 0 Å². The lowest BCUT2D eigenvalue weighted by Gasteiger charge is -2.08. The molecular weight excluding hydrogens is 190 g/mol. The normalized spacial score (nSPS) is 10.8. The molecule has 0 spiro atoms. The first kappa shape index (κ1) is 11.2. The molecule has 15 heavy (non-hydrogen) atoms. The maximum absolute atomic E-state index is 8.52. The Bertz CT molecular complexity index is 352. The fraction of sp³-hybridized carbons (Fsp3) is 0.200. The second-order valence-electron chi connectivity index (χ2n) is 2.77. The molecule has 0 saturated carbocycles. The molecule has 4 N–H and O–H groups in total. The lowest BCUT2D eigenvalue weighted by molar-refractivity contribution is 0.658. The molecule has 0 radical (unpaired) electrons. The van der Waals surface area contributed by atoms with Gasteiger partial charge in [-0.2, -0.15) is 10.3 Å². The Labute approximate surface area is 88.6 Å². The number of nitrogens with two attached hydrogens (primary N) is 1. The van der Waals surface area contributed by atoms with Gasteiger partial charge in [0.05, 0.1) is 0 Å². The van der Waals surface area contributed by atoms with Crippen LogP contribution in [0.15, 0.2) is 35.3 Å². The van der Waals surface area contributed by atoms with E-state index in [0.29, 0.717) is 18.9 Å². The highest BCUT2D eigenvalue weighted by Gasteiger charge is 2.00. The Morgan fingerprint density at radius 3 is 2.73 bits per heavy atom. The van der Waals surface area contributed by atoms with E-state index < -0.39 is 0 Å². The van der Waals surface area contributed by atoms with Crippen molar-refractivity contribution in [3.63, 3.8) is 0 Å². The lowest BCUT2D eigenvalue weighted by Crippen LogP contribution is -2.40. The van der Waals surface area contributed by atoms with E-state index in [2.05, 4.69) is 15.8 Å². The smallest absolute Gasteiger partial charge is 0.207 e. The molecule has 0 unspecified atom stereocenters. The van der Waals surface area contributed by atoms with Gasteiger partial charge in [0.25, 0.3) is 0 Å². The van der Waals surface area contributed by atoms with E-state index in [1.54, 1.807) is 6.19 Å². The average Bonchev–Trinajstić information content (AvgIpc) is 2.29. The molecule has 5 heteroatoms. The number of nitriles is 1. The monoisotopic (exact) mass is 203 g/mol. The number of rotatable bonds is 4. The average molecular weight is 203 g/mol. The molecule has 0 aliphatic heterocycles. The first-order valence-electron chi connectivity index (χ1n) is 4.59. The largest absolute Gasteiger partial charge is 0.329 e. The summed E-state index contributed by atoms with van der Waals surface area (Å²) in [6, 6.07) is 9.40. The Hall–Kier alpha value is -1.90. The van der Waals surface area contributed by atoms with Crippen LogP contribution in [0.2, 0.25) is 0 Å². The molecule has 0 aromatic heterocycles. The molecule has 78 valence electrons. The summed E-state index contributed by atoms with van der Waals surface area (Å²) >= 11 is 0. The van der Waals surface area contributed by atoms with Crippen LogP contribution in [0.25, 0.3) is 0 Å². The van der Waals surface area contributed by atoms with Crippen molar-refractivity contribution in [2.24, 2.45) is 10.7 Å². The molecule has 0 heterocycles. The van der Waals surface area contributed by atoms with Crippen LogP contribution < -0.4 is 16.6 Å². The molecule has 0 saturated heterocycles. The van der Waals surface area contributed by atoms with Crippen LogP contribution in [-0.2, 0) is 0 Å². The van der Waals surface area contributed by atoms with Gasteiger partial charge >= 0.3 is 0 Å². The molecule has 0 aliphatic rings. The van der Waals surface area contributed by atoms with Gasteiger partial charge in [-0.05, 0) is 0 Å². The van der Waals surface area contributed by atoms with E-state index in [1.165, 1.54) is 0 Å². The maximum atomic E-state index is 8.52. The van der Waals surface area contributed by atoms with Gasteiger partial charge in [0.15, 0.2) is 5.84 Å². The zero-order valence-corrected chi connectivity index (χ0v) is 8.27. The van der Waals surface area contributed by atoms with Crippen LogP contribution in [-0.4, -0.2) is 18.9 Å². The van der Waals surface area contributed by atoms with E-state index in [1.807, 2.05) is 30.3 Å². The number of amidine groups is 1. The number of aliphatic imine (C=N–C) groups is 1. The molecule has 0 aliphatic carbocycles. The van der Waals surface area contributed by atoms with Gasteiger partial charge in [-0.1, -0.05) is 30.3 Å². The zero-order valence-electron chi connectivity index (χ0n) is 8.27. The van der Waals surface area contributed by atoms with Crippen LogP contribution in [0.3, 0.4) is 0 Å². The third kappa shape index (κ3) is 3.77. The third-order valence-electron chi connectivity index (χ3n) is 1.69. The van der Waals surface area contributed by atoms with E-state index in [-0.39, 0.29) is 0 Å². The Morgan fingerprint density at radius 2 is 2.13 bits per heavy atom. The van der Waals surface area contributed by atoms with Gasteiger partial charge in [0, 0.05) is 18.7 Å². The highest BCUT2D eigenvalue weighted by Crippen LogP contribution is 1.98. The maximum Gasteiger partial charge on any atom is 0.207 e. The SMILES string of the molecule is N#CN=C(NNCCN)c1ccccc1. The fourth-order valence-corrected chi connectivity index (χ4v) is 1.03. The topological polar surface area (TPSA) is 86.2 Å². The molecular formula is C10H13N5. The summed E-state index contributed by atoms with van der Waals surface area (Å²) in [5.74, 6) is 0.492. The van der Waals surface area contributed by atoms with Crippen molar-refractivity contribution in [3.05, 3.63) is 35.9 Å². The standard InChI is InChI=1S/C10H13N5/c11-6-7-14-15-10(13-8-12)9-4-2-1-3-5-9/h1-5,14H,6-7,11H2,(H,13,15). The summed E-state index contributed by atoms with van der Waals surface area (Å²) in [4.78, 5) is 3.67. The summed E-state index contributed by atoms with van der Waals surface area (Å²) in [7, 11) is 0. The first-order valence-corrected chi connectivity index (χ1v) is 4.59. The van der Waals surface area contributed by atoms with E-state index in [0.717, 1.165) is 5.56 Å². The van der Waals surface area contributed by atoms with Crippen LogP contribution in [0, 0.1) is 11.5 Å². The quantitative estimate of drug-likeness (QED) is 0.211. The van der Waals surface area contributed by atoms with Crippen molar-refractivity contribution in [3.8, 4) is 6.19 Å². The fourth-order valence-electron chi connectivity index (χ4n) is 1.03. The highest BCUT2D eigenvalue weighted by molar-refractivity contribution is 5.98. The Balaban J connectivity index is 2.68. The number of nitrogens with one attached hydrogen (secondary N) is 2. The van der Waals surface area contributed by atoms with Gasteiger partial charge in [-0.3, -0.25) is 0 Å². The number of hydrazine groups is 1. The van der Waals surface area contributed by atoms with Gasteiger partial charge in [0.2, 0.25) is 6.19 Å². The van der Waals surface area contributed by atoms with Crippen molar-refractivity contribution >= 4 is 5.84 Å². The predicted octanol–water partition coefficient (Wildman–Crippen LogP) is -0.0328. The predicted molar refractivity (Wildman–Crippen MR) is 58.8 cm³/mol. The van der Waals surface area contributed by atoms with Crippen LogP contribution in [0.1, 0.15) is 5.56 Å². The molecule has 0 atom stereocenters. The number of nitrogens with zero attached hydrogens (tertiary/aromatic N) is 2. The summed E-state index contributed by atoms with van der Waals surface area (Å²) in [6.07, 6.45) is 1.75. The van der Waals surface area contributed by atoms with Gasteiger partial charge in [0.1, 0.15) is 0 Å². The molecule has 1 rings (SSSR count). The molecule has 1 aromatic rings. The summed E-state index contributed by atoms with van der Waals surface area (Å²) in [5.41, 5.74) is 11.9. The van der Waals surface area contributed by atoms with Crippen molar-refractivity contribution in [2.75, 3.05) is 13.1 Å². The number of hydrogen-bond acceptors (Lipinski definition) is 4. The molecule has 5 nitrogen and oxygen atoms in total. The van der Waals surface area contributed by atoms with Crippen molar-refractivity contribution < 1.29 is 0 Å². The first-order chi connectivity index (χ1) is 7.38. The molecule has 0 amide bonds. The minimum Gasteiger partial charge on any atom is -0.329 e. The molecule has 0 bridgehead atoms. The summed E-state index contributed by atoms with van der Waals surface area (Å²) < 4.78 is 0.